The topological polar surface area (TPSA) is 70.9 Å². The second kappa shape index (κ2) is 5.30. The van der Waals surface area contributed by atoms with Crippen LogP contribution in [0.4, 0.5) is 0 Å². The van der Waals surface area contributed by atoms with Gasteiger partial charge in [0.2, 0.25) is 12.1 Å². The maximum absolute atomic E-state index is 10.8. The Morgan fingerprint density at radius 3 is 2.00 bits per heavy atom. The summed E-state index contributed by atoms with van der Waals surface area (Å²) >= 11 is 0. The van der Waals surface area contributed by atoms with Crippen LogP contribution in [-0.2, 0) is 20.4 Å². The van der Waals surface area contributed by atoms with Crippen molar-refractivity contribution in [3.63, 3.8) is 0 Å². The number of carbonyl (C=O) groups is 1. The summed E-state index contributed by atoms with van der Waals surface area (Å²) in [4.78, 5) is 10.8. The molecule has 1 aliphatic heterocycles. The van der Waals surface area contributed by atoms with E-state index in [0.717, 1.165) is 16.7 Å². The van der Waals surface area contributed by atoms with Crippen molar-refractivity contribution < 1.29 is 14.6 Å². The molecule has 0 bridgehead atoms. The number of benzene rings is 1. The summed E-state index contributed by atoms with van der Waals surface area (Å²) in [5, 5.41) is 14.7. The molecule has 2 N–H and O–H groups in total. The molecule has 0 saturated carbocycles. The Labute approximate surface area is 131 Å². The quantitative estimate of drug-likeness (QED) is 0.824. The monoisotopic (exact) mass is 304 g/mol. The molecule has 0 saturated heterocycles. The lowest BCUT2D eigenvalue weighted by molar-refractivity contribution is -0.114. The predicted octanol–water partition coefficient (Wildman–Crippen LogP) is 2.79. The first-order valence-corrected chi connectivity index (χ1v) is 7.37. The molecular formula is C17H24N2O3. The van der Waals surface area contributed by atoms with E-state index in [2.05, 4.69) is 10.5 Å². The zero-order valence-corrected chi connectivity index (χ0v) is 14.0. The zero-order chi connectivity index (χ0) is 16.7. The maximum atomic E-state index is 10.8. The highest BCUT2D eigenvalue weighted by Gasteiger charge is 2.29. The number of nitrogens with zero attached hydrogens (tertiary/aromatic N) is 1. The van der Waals surface area contributed by atoms with Crippen molar-refractivity contribution in [2.45, 2.75) is 58.6 Å². The summed E-state index contributed by atoms with van der Waals surface area (Å²) in [5.74, 6) is 0.676. The maximum Gasteiger partial charge on any atom is 0.242 e. The molecule has 0 fully saturated rings. The van der Waals surface area contributed by atoms with E-state index in [9.17, 15) is 9.90 Å². The van der Waals surface area contributed by atoms with E-state index in [-0.39, 0.29) is 10.8 Å². The van der Waals surface area contributed by atoms with Gasteiger partial charge >= 0.3 is 0 Å². The Morgan fingerprint density at radius 1 is 1.14 bits per heavy atom. The van der Waals surface area contributed by atoms with E-state index in [1.54, 1.807) is 0 Å². The van der Waals surface area contributed by atoms with Gasteiger partial charge in [-0.2, -0.15) is 0 Å². The predicted molar refractivity (Wildman–Crippen MR) is 86.1 cm³/mol. The summed E-state index contributed by atoms with van der Waals surface area (Å²) < 4.78 is 5.46. The van der Waals surface area contributed by atoms with Crippen LogP contribution in [0.25, 0.3) is 0 Å². The number of ether oxygens (including phenoxy) is 1. The van der Waals surface area contributed by atoms with E-state index in [0.29, 0.717) is 17.9 Å². The van der Waals surface area contributed by atoms with Crippen LogP contribution in [-0.4, -0.2) is 23.5 Å². The first-order valence-electron chi connectivity index (χ1n) is 7.37. The van der Waals surface area contributed by atoms with Gasteiger partial charge in [0.15, 0.2) is 6.29 Å². The summed E-state index contributed by atoms with van der Waals surface area (Å²) in [6, 6.07) is 3.75. The number of carbonyl (C=O) groups excluding carboxylic acids is 1. The Kier molecular flexibility index (Phi) is 3.94. The second-order valence-corrected chi connectivity index (χ2v) is 7.64. The van der Waals surface area contributed by atoms with Crippen molar-refractivity contribution in [3.8, 4) is 5.75 Å². The molecule has 5 heteroatoms. The minimum Gasteiger partial charge on any atom is -0.507 e. The third kappa shape index (κ3) is 3.08. The molecule has 1 aromatic rings. The van der Waals surface area contributed by atoms with Gasteiger partial charge in [-0.3, -0.25) is 10.2 Å². The number of aldehydes is 1. The summed E-state index contributed by atoms with van der Waals surface area (Å²) in [6.07, 6.45) is -0.0910. The van der Waals surface area contributed by atoms with Crippen molar-refractivity contribution in [1.29, 1.82) is 0 Å². The van der Waals surface area contributed by atoms with Crippen LogP contribution in [0.5, 0.6) is 5.75 Å². The number of hydrazone groups is 1. The standard InChI is InChI=1S/C17H24N2O3/c1-16(2,3)11-7-10(15-19-18-13(9-20)22-15)8-12(14(11)21)17(4,5)6/h7-9,13,18,21H,1-6H3. The highest BCUT2D eigenvalue weighted by molar-refractivity contribution is 5.96. The van der Waals surface area contributed by atoms with Gasteiger partial charge in [0, 0.05) is 16.7 Å². The Hall–Kier alpha value is -2.04. The third-order valence-electron chi connectivity index (χ3n) is 3.63. The average molecular weight is 304 g/mol. The fourth-order valence-electron chi connectivity index (χ4n) is 2.39. The number of hydrogen-bond acceptors (Lipinski definition) is 5. The SMILES string of the molecule is CC(C)(C)c1cc(C2=NNC(C=O)O2)cc(C(C)(C)C)c1O. The van der Waals surface area contributed by atoms with Crippen LogP contribution in [0.2, 0.25) is 0 Å². The first-order chi connectivity index (χ1) is 10.0. The molecule has 1 aromatic carbocycles. The number of aromatic hydroxyl groups is 1. The number of hydrogen-bond donors (Lipinski definition) is 2. The molecule has 1 unspecified atom stereocenters. The molecule has 2 rings (SSSR count). The highest BCUT2D eigenvalue weighted by atomic mass is 16.5. The molecule has 22 heavy (non-hydrogen) atoms. The first kappa shape index (κ1) is 16.3. The van der Waals surface area contributed by atoms with Crippen molar-refractivity contribution in [1.82, 2.24) is 5.43 Å². The van der Waals surface area contributed by atoms with Crippen molar-refractivity contribution in [2.24, 2.45) is 5.10 Å². The fraction of sp³-hybridized carbons (Fsp3) is 0.529. The van der Waals surface area contributed by atoms with Crippen LogP contribution in [0.15, 0.2) is 17.2 Å². The van der Waals surface area contributed by atoms with Gasteiger partial charge in [0.1, 0.15) is 5.75 Å². The van der Waals surface area contributed by atoms with Gasteiger partial charge in [-0.15, -0.1) is 5.10 Å². The normalized spacial score (nSPS) is 18.5. The molecule has 1 atom stereocenters. The summed E-state index contributed by atoms with van der Waals surface area (Å²) in [7, 11) is 0. The molecule has 0 aromatic heterocycles. The third-order valence-corrected chi connectivity index (χ3v) is 3.63. The number of nitrogens with one attached hydrogen (secondary N) is 1. The van der Waals surface area contributed by atoms with Crippen LogP contribution < -0.4 is 5.43 Å². The lowest BCUT2D eigenvalue weighted by Crippen LogP contribution is -2.23. The van der Waals surface area contributed by atoms with Gasteiger partial charge < -0.3 is 9.84 Å². The second-order valence-electron chi connectivity index (χ2n) is 7.64. The fourth-order valence-corrected chi connectivity index (χ4v) is 2.39. The molecular weight excluding hydrogens is 280 g/mol. The van der Waals surface area contributed by atoms with E-state index >= 15 is 0 Å². The minimum absolute atomic E-state index is 0.225. The van der Waals surface area contributed by atoms with E-state index in [1.807, 2.05) is 53.7 Å². The molecule has 0 radical (unpaired) electrons. The van der Waals surface area contributed by atoms with Crippen LogP contribution in [0, 0.1) is 0 Å². The molecule has 0 amide bonds. The smallest absolute Gasteiger partial charge is 0.242 e. The average Bonchev–Trinajstić information content (AvgIpc) is 2.85. The summed E-state index contributed by atoms with van der Waals surface area (Å²) in [5.41, 5.74) is 4.58. The van der Waals surface area contributed by atoms with Crippen molar-refractivity contribution in [3.05, 3.63) is 28.8 Å². The molecule has 1 aliphatic rings. The minimum atomic E-state index is -0.750. The number of phenols is 1. The van der Waals surface area contributed by atoms with Gasteiger partial charge in [-0.25, -0.2) is 0 Å². The molecule has 1 heterocycles. The van der Waals surface area contributed by atoms with Gasteiger partial charge in [0.25, 0.3) is 0 Å². The van der Waals surface area contributed by atoms with E-state index in [1.165, 1.54) is 0 Å². The molecule has 0 aliphatic carbocycles. The Bertz CT molecular complexity index is 587. The number of rotatable bonds is 2. The Balaban J connectivity index is 2.59. The molecule has 120 valence electrons. The van der Waals surface area contributed by atoms with Crippen molar-refractivity contribution >= 4 is 12.2 Å². The van der Waals surface area contributed by atoms with Gasteiger partial charge in [-0.1, -0.05) is 41.5 Å². The lowest BCUT2D eigenvalue weighted by Gasteiger charge is -2.28. The van der Waals surface area contributed by atoms with Crippen LogP contribution >= 0.6 is 0 Å². The molecule has 0 spiro atoms. The van der Waals surface area contributed by atoms with E-state index < -0.39 is 6.23 Å². The van der Waals surface area contributed by atoms with Crippen molar-refractivity contribution in [2.75, 3.05) is 0 Å². The summed E-state index contributed by atoms with van der Waals surface area (Å²) in [6.45, 7) is 12.3. The zero-order valence-electron chi connectivity index (χ0n) is 14.0. The van der Waals surface area contributed by atoms with Crippen LogP contribution in [0.1, 0.15) is 58.2 Å². The van der Waals surface area contributed by atoms with Crippen LogP contribution in [0.3, 0.4) is 0 Å². The lowest BCUT2D eigenvalue weighted by atomic mass is 9.78. The number of phenolic OH excluding ortho intramolecular Hbond substituents is 1. The highest BCUT2D eigenvalue weighted by Crippen LogP contribution is 2.40. The largest absolute Gasteiger partial charge is 0.507 e. The van der Waals surface area contributed by atoms with Gasteiger partial charge in [0.05, 0.1) is 0 Å². The Morgan fingerprint density at radius 2 is 1.64 bits per heavy atom. The van der Waals surface area contributed by atoms with E-state index in [4.69, 9.17) is 4.74 Å². The van der Waals surface area contributed by atoms with Gasteiger partial charge in [-0.05, 0) is 23.0 Å². The molecule has 5 nitrogen and oxygen atoms in total.